The van der Waals surface area contributed by atoms with Gasteiger partial charge in [-0.25, -0.2) is 0 Å². The van der Waals surface area contributed by atoms with Crippen LogP contribution in [0.5, 0.6) is 0 Å². The molecule has 0 aromatic heterocycles. The Morgan fingerprint density at radius 3 is 2.03 bits per heavy atom. The first kappa shape index (κ1) is 19.8. The molecular weight excluding hydrogens is 431 g/mol. The van der Waals surface area contributed by atoms with Crippen LogP contribution in [0, 0.1) is 0 Å². The van der Waals surface area contributed by atoms with Crippen LogP contribution in [0.15, 0.2) is 121 Å². The highest BCUT2D eigenvalue weighted by atomic mass is 31.2. The Morgan fingerprint density at radius 1 is 0.588 bits per heavy atom. The first-order chi connectivity index (χ1) is 16.8. The first-order valence-electron chi connectivity index (χ1n) is 11.9. The molecule has 5 aromatic rings. The minimum Gasteiger partial charge on any atom is -0.309 e. The first-order valence-corrected chi connectivity index (χ1v) is 13.6. The third-order valence-electron chi connectivity index (χ3n) is 7.36. The zero-order valence-electron chi connectivity index (χ0n) is 18.7. The molecule has 2 heteroatoms. The zero-order chi connectivity index (χ0) is 22.7. The minimum absolute atomic E-state index is 0.825. The van der Waals surface area contributed by atoms with E-state index in [-0.39, 0.29) is 0 Å². The summed E-state index contributed by atoms with van der Waals surface area (Å²) < 4.78 is 15.6. The highest BCUT2D eigenvalue weighted by molar-refractivity contribution is 7.83. The molecule has 34 heavy (non-hydrogen) atoms. The van der Waals surface area contributed by atoms with Crippen LogP contribution in [-0.4, -0.2) is 0 Å². The summed E-state index contributed by atoms with van der Waals surface area (Å²) in [6.07, 6.45) is 8.11. The molecule has 0 bridgehead atoms. The molecule has 0 fully saturated rings. The number of hydrogen-bond donors (Lipinski definition) is 0. The second-order valence-corrected chi connectivity index (χ2v) is 11.9. The van der Waals surface area contributed by atoms with Gasteiger partial charge in [-0.1, -0.05) is 109 Å². The van der Waals surface area contributed by atoms with Crippen molar-refractivity contribution in [2.45, 2.75) is 12.8 Å². The van der Waals surface area contributed by atoms with Crippen molar-refractivity contribution in [1.29, 1.82) is 0 Å². The molecule has 5 aromatic carbocycles. The van der Waals surface area contributed by atoms with Gasteiger partial charge in [0.2, 0.25) is 0 Å². The van der Waals surface area contributed by atoms with E-state index >= 15 is 4.57 Å². The van der Waals surface area contributed by atoms with Gasteiger partial charge in [0, 0.05) is 16.2 Å². The van der Waals surface area contributed by atoms with E-state index < -0.39 is 7.14 Å². The topological polar surface area (TPSA) is 17.1 Å². The molecule has 1 heterocycles. The Bertz CT molecular complexity index is 1740. The van der Waals surface area contributed by atoms with Gasteiger partial charge in [-0.2, -0.15) is 0 Å². The fourth-order valence-electron chi connectivity index (χ4n) is 5.82. The molecule has 0 spiro atoms. The summed E-state index contributed by atoms with van der Waals surface area (Å²) >= 11 is 0. The molecule has 7 rings (SSSR count). The highest BCUT2D eigenvalue weighted by Gasteiger charge is 2.39. The molecule has 162 valence electrons. The third kappa shape index (κ3) is 2.65. The molecule has 0 amide bonds. The summed E-state index contributed by atoms with van der Waals surface area (Å²) in [7, 11) is -3.07. The lowest BCUT2D eigenvalue weighted by Gasteiger charge is -2.26. The molecule has 0 radical (unpaired) electrons. The van der Waals surface area contributed by atoms with Gasteiger partial charge in [0.05, 0.1) is 0 Å². The normalized spacial score (nSPS) is 18.6. The zero-order valence-corrected chi connectivity index (χ0v) is 19.6. The molecule has 1 unspecified atom stereocenters. The fourth-order valence-corrected chi connectivity index (χ4v) is 9.10. The van der Waals surface area contributed by atoms with E-state index in [0.29, 0.717) is 0 Å². The Morgan fingerprint density at radius 2 is 1.26 bits per heavy atom. The van der Waals surface area contributed by atoms with Gasteiger partial charge >= 0.3 is 0 Å². The predicted octanol–water partition coefficient (Wildman–Crippen LogP) is 8.19. The standard InChI is InChI=1S/C32H23OP/c33-34(24-12-2-1-3-13-24)29-17-9-8-16-27(29)28-20-18-22-10-4-6-14-25(22)31(28)32-26-15-7-5-11-23(26)19-21-30(32)34/h1-2,4-12,14-21H,3,13H2. The Kier molecular flexibility index (Phi) is 4.31. The van der Waals surface area contributed by atoms with Crippen molar-refractivity contribution in [3.63, 3.8) is 0 Å². The molecule has 1 atom stereocenters. The average Bonchev–Trinajstić information content (AvgIpc) is 3.01. The summed E-state index contributed by atoms with van der Waals surface area (Å²) in [6.45, 7) is 0. The summed E-state index contributed by atoms with van der Waals surface area (Å²) in [4.78, 5) is 0. The summed E-state index contributed by atoms with van der Waals surface area (Å²) in [5.41, 5.74) is 4.57. The lowest BCUT2D eigenvalue weighted by Crippen LogP contribution is -2.20. The maximum atomic E-state index is 15.6. The van der Waals surface area contributed by atoms with E-state index in [1.165, 1.54) is 21.7 Å². The molecule has 0 saturated heterocycles. The van der Waals surface area contributed by atoms with E-state index in [2.05, 4.69) is 109 Å². The Labute approximate surface area is 199 Å². The van der Waals surface area contributed by atoms with Crippen molar-refractivity contribution in [3.8, 4) is 22.3 Å². The van der Waals surface area contributed by atoms with Crippen molar-refractivity contribution in [2.75, 3.05) is 0 Å². The molecule has 1 aliphatic heterocycles. The van der Waals surface area contributed by atoms with Gasteiger partial charge in [-0.3, -0.25) is 0 Å². The number of rotatable bonds is 1. The summed E-state index contributed by atoms with van der Waals surface area (Å²) in [6, 6.07) is 34.2. The van der Waals surface area contributed by atoms with Crippen molar-refractivity contribution in [1.82, 2.24) is 0 Å². The van der Waals surface area contributed by atoms with Gasteiger partial charge in [-0.05, 0) is 62.5 Å². The average molecular weight is 455 g/mol. The molecule has 1 nitrogen and oxygen atoms in total. The van der Waals surface area contributed by atoms with Crippen LogP contribution >= 0.6 is 7.14 Å². The minimum atomic E-state index is -3.07. The van der Waals surface area contributed by atoms with E-state index in [4.69, 9.17) is 0 Å². The van der Waals surface area contributed by atoms with Gasteiger partial charge in [0.1, 0.15) is 0 Å². The lowest BCUT2D eigenvalue weighted by molar-refractivity contribution is 0.589. The van der Waals surface area contributed by atoms with Gasteiger partial charge in [0.25, 0.3) is 0 Å². The molecule has 0 N–H and O–H groups in total. The van der Waals surface area contributed by atoms with E-state index in [1.54, 1.807) is 0 Å². The second kappa shape index (κ2) is 7.42. The van der Waals surface area contributed by atoms with Crippen molar-refractivity contribution in [2.24, 2.45) is 0 Å². The molecule has 0 saturated carbocycles. The van der Waals surface area contributed by atoms with Crippen molar-refractivity contribution in [3.05, 3.63) is 121 Å². The van der Waals surface area contributed by atoms with Crippen LogP contribution in [0.2, 0.25) is 0 Å². The fraction of sp³-hybridized carbons (Fsp3) is 0.0625. The maximum absolute atomic E-state index is 15.6. The molecule has 2 aliphatic rings. The smallest absolute Gasteiger partial charge is 0.168 e. The SMILES string of the molecule is O=P1(C2=CC=CCC2)c2ccccc2-c2ccc3ccccc3c2-c2c1ccc1ccccc21. The van der Waals surface area contributed by atoms with Crippen LogP contribution in [0.25, 0.3) is 43.8 Å². The van der Waals surface area contributed by atoms with E-state index in [9.17, 15) is 0 Å². The Balaban J connectivity index is 1.77. The van der Waals surface area contributed by atoms with Gasteiger partial charge in [0.15, 0.2) is 7.14 Å². The Hall–Kier alpha value is -3.67. The maximum Gasteiger partial charge on any atom is 0.168 e. The largest absolute Gasteiger partial charge is 0.309 e. The highest BCUT2D eigenvalue weighted by Crippen LogP contribution is 2.60. The summed E-state index contributed by atoms with van der Waals surface area (Å²) in [5, 5.41) is 7.73. The van der Waals surface area contributed by atoms with Crippen LogP contribution in [0.1, 0.15) is 12.8 Å². The van der Waals surface area contributed by atoms with Crippen LogP contribution in [0.4, 0.5) is 0 Å². The van der Waals surface area contributed by atoms with Gasteiger partial charge < -0.3 is 4.57 Å². The number of benzene rings is 5. The van der Waals surface area contributed by atoms with E-state index in [1.807, 2.05) is 6.07 Å². The van der Waals surface area contributed by atoms with E-state index in [0.717, 1.165) is 50.8 Å². The van der Waals surface area contributed by atoms with Crippen molar-refractivity contribution >= 4 is 39.3 Å². The second-order valence-electron chi connectivity index (χ2n) is 9.14. The lowest BCUT2D eigenvalue weighted by atomic mass is 9.87. The number of allylic oxidation sites excluding steroid dienone is 4. The van der Waals surface area contributed by atoms with Crippen LogP contribution in [-0.2, 0) is 4.57 Å². The molecule has 1 aliphatic carbocycles. The summed E-state index contributed by atoms with van der Waals surface area (Å²) in [5.74, 6) is 0. The predicted molar refractivity (Wildman–Crippen MR) is 146 cm³/mol. The molecular formula is C32H23OP. The van der Waals surface area contributed by atoms with Gasteiger partial charge in [-0.15, -0.1) is 0 Å². The quantitative estimate of drug-likeness (QED) is 0.233. The third-order valence-corrected chi connectivity index (χ3v) is 10.7. The van der Waals surface area contributed by atoms with Crippen LogP contribution in [0.3, 0.4) is 0 Å². The van der Waals surface area contributed by atoms with Crippen molar-refractivity contribution < 1.29 is 4.57 Å². The number of hydrogen-bond acceptors (Lipinski definition) is 1. The number of fused-ring (bicyclic) bond motifs is 9. The van der Waals surface area contributed by atoms with Crippen LogP contribution < -0.4 is 10.6 Å². The monoisotopic (exact) mass is 454 g/mol.